The standard InChI is InChI=1S/C15H24O2S/c1-11(2)17-13-8-6-12(7-9-13)14(16)10-18-15(3,4)5/h6-9,11,14,16H,10H2,1-5H3. The van der Waals surface area contributed by atoms with Crippen LogP contribution < -0.4 is 4.74 Å². The molecule has 0 fully saturated rings. The van der Waals surface area contributed by atoms with Crippen LogP contribution in [0.1, 0.15) is 46.3 Å². The first-order chi connectivity index (χ1) is 8.28. The molecular formula is C15H24O2S. The van der Waals surface area contributed by atoms with Crippen molar-refractivity contribution in [3.63, 3.8) is 0 Å². The lowest BCUT2D eigenvalue weighted by atomic mass is 10.1. The molecule has 0 aromatic heterocycles. The lowest BCUT2D eigenvalue weighted by Gasteiger charge is -2.20. The van der Waals surface area contributed by atoms with Crippen molar-refractivity contribution in [2.45, 2.75) is 51.6 Å². The van der Waals surface area contributed by atoms with Crippen molar-refractivity contribution in [3.05, 3.63) is 29.8 Å². The number of hydrogen-bond donors (Lipinski definition) is 1. The highest BCUT2D eigenvalue weighted by atomic mass is 32.2. The fourth-order valence-electron chi connectivity index (χ4n) is 1.47. The molecule has 0 radical (unpaired) electrons. The summed E-state index contributed by atoms with van der Waals surface area (Å²) in [6, 6.07) is 7.71. The maximum atomic E-state index is 10.1. The Morgan fingerprint density at radius 1 is 1.17 bits per heavy atom. The zero-order valence-electron chi connectivity index (χ0n) is 11.9. The second-order valence-corrected chi connectivity index (χ2v) is 7.52. The van der Waals surface area contributed by atoms with Gasteiger partial charge in [0, 0.05) is 10.5 Å². The van der Waals surface area contributed by atoms with Crippen molar-refractivity contribution in [3.8, 4) is 5.75 Å². The number of benzene rings is 1. The van der Waals surface area contributed by atoms with Crippen molar-refractivity contribution >= 4 is 11.8 Å². The van der Waals surface area contributed by atoms with Gasteiger partial charge in [0.15, 0.2) is 0 Å². The first kappa shape index (κ1) is 15.4. The number of aliphatic hydroxyl groups excluding tert-OH is 1. The summed E-state index contributed by atoms with van der Waals surface area (Å²) in [5.74, 6) is 1.57. The van der Waals surface area contributed by atoms with Crippen molar-refractivity contribution in [2.75, 3.05) is 5.75 Å². The summed E-state index contributed by atoms with van der Waals surface area (Å²) < 4.78 is 5.76. The minimum Gasteiger partial charge on any atom is -0.491 e. The summed E-state index contributed by atoms with van der Waals surface area (Å²) in [6.45, 7) is 10.5. The van der Waals surface area contributed by atoms with Crippen LogP contribution in [0.5, 0.6) is 5.75 Å². The summed E-state index contributed by atoms with van der Waals surface area (Å²) >= 11 is 1.77. The minimum atomic E-state index is -0.415. The molecule has 1 rings (SSSR count). The van der Waals surface area contributed by atoms with Gasteiger partial charge in [-0.25, -0.2) is 0 Å². The summed E-state index contributed by atoms with van der Waals surface area (Å²) in [5.41, 5.74) is 0.947. The third kappa shape index (κ3) is 5.78. The van der Waals surface area contributed by atoms with E-state index >= 15 is 0 Å². The van der Waals surface area contributed by atoms with E-state index in [4.69, 9.17) is 4.74 Å². The zero-order chi connectivity index (χ0) is 13.8. The Morgan fingerprint density at radius 3 is 2.17 bits per heavy atom. The lowest BCUT2D eigenvalue weighted by Crippen LogP contribution is -2.12. The fourth-order valence-corrected chi connectivity index (χ4v) is 2.32. The molecule has 0 amide bonds. The molecule has 0 saturated carbocycles. The third-order valence-electron chi connectivity index (χ3n) is 2.31. The molecule has 18 heavy (non-hydrogen) atoms. The van der Waals surface area contributed by atoms with Crippen molar-refractivity contribution in [1.82, 2.24) is 0 Å². The highest BCUT2D eigenvalue weighted by molar-refractivity contribution is 8.00. The molecule has 0 spiro atoms. The second kappa shape index (κ2) is 6.48. The zero-order valence-corrected chi connectivity index (χ0v) is 12.8. The van der Waals surface area contributed by atoms with Gasteiger partial charge in [0.25, 0.3) is 0 Å². The molecule has 0 aliphatic rings. The van der Waals surface area contributed by atoms with Crippen LogP contribution >= 0.6 is 11.8 Å². The summed E-state index contributed by atoms with van der Waals surface area (Å²) in [7, 11) is 0. The van der Waals surface area contributed by atoms with Gasteiger partial charge in [0.2, 0.25) is 0 Å². The molecule has 1 aromatic carbocycles. The Bertz CT molecular complexity index is 352. The van der Waals surface area contributed by atoms with E-state index in [1.54, 1.807) is 11.8 Å². The van der Waals surface area contributed by atoms with E-state index in [2.05, 4.69) is 20.8 Å². The quantitative estimate of drug-likeness (QED) is 0.874. The predicted octanol–water partition coefficient (Wildman–Crippen LogP) is 4.04. The van der Waals surface area contributed by atoms with Crippen LogP contribution in [-0.2, 0) is 0 Å². The maximum Gasteiger partial charge on any atom is 0.119 e. The molecule has 102 valence electrons. The first-order valence-corrected chi connectivity index (χ1v) is 7.35. The Labute approximate surface area is 115 Å². The van der Waals surface area contributed by atoms with Gasteiger partial charge in [-0.2, -0.15) is 11.8 Å². The van der Waals surface area contributed by atoms with E-state index in [-0.39, 0.29) is 10.9 Å². The van der Waals surface area contributed by atoms with Gasteiger partial charge in [-0.1, -0.05) is 32.9 Å². The smallest absolute Gasteiger partial charge is 0.119 e. The maximum absolute atomic E-state index is 10.1. The van der Waals surface area contributed by atoms with E-state index in [0.29, 0.717) is 5.75 Å². The van der Waals surface area contributed by atoms with Crippen LogP contribution in [-0.4, -0.2) is 21.7 Å². The van der Waals surface area contributed by atoms with E-state index in [9.17, 15) is 5.11 Å². The summed E-state index contributed by atoms with van der Waals surface area (Å²) in [4.78, 5) is 0. The van der Waals surface area contributed by atoms with Crippen LogP contribution in [0.25, 0.3) is 0 Å². The summed E-state index contributed by atoms with van der Waals surface area (Å²) in [6.07, 6.45) is -0.237. The Morgan fingerprint density at radius 2 is 1.72 bits per heavy atom. The van der Waals surface area contributed by atoms with E-state index < -0.39 is 6.10 Å². The van der Waals surface area contributed by atoms with Crippen LogP contribution in [0.4, 0.5) is 0 Å². The average molecular weight is 268 g/mol. The highest BCUT2D eigenvalue weighted by Gasteiger charge is 2.15. The minimum absolute atomic E-state index is 0.178. The number of ether oxygens (including phenoxy) is 1. The molecule has 0 aliphatic heterocycles. The number of aliphatic hydroxyl groups is 1. The van der Waals surface area contributed by atoms with Gasteiger partial charge >= 0.3 is 0 Å². The number of thioether (sulfide) groups is 1. The molecule has 0 bridgehead atoms. The Hall–Kier alpha value is -0.670. The lowest BCUT2D eigenvalue weighted by molar-refractivity contribution is 0.203. The number of rotatable bonds is 5. The molecule has 0 heterocycles. The van der Waals surface area contributed by atoms with E-state index in [1.165, 1.54) is 0 Å². The fraction of sp³-hybridized carbons (Fsp3) is 0.600. The molecule has 1 N–H and O–H groups in total. The van der Waals surface area contributed by atoms with Crippen LogP contribution in [0.15, 0.2) is 24.3 Å². The molecule has 0 aliphatic carbocycles. The second-order valence-electron chi connectivity index (χ2n) is 5.67. The molecule has 2 nitrogen and oxygen atoms in total. The molecule has 0 saturated heterocycles. The summed E-state index contributed by atoms with van der Waals surface area (Å²) in [5, 5.41) is 10.1. The molecular weight excluding hydrogens is 244 g/mol. The predicted molar refractivity (Wildman–Crippen MR) is 79.4 cm³/mol. The molecule has 3 heteroatoms. The molecule has 1 aromatic rings. The molecule has 1 unspecified atom stereocenters. The average Bonchev–Trinajstić information content (AvgIpc) is 2.25. The van der Waals surface area contributed by atoms with Gasteiger partial charge in [0.1, 0.15) is 5.75 Å². The van der Waals surface area contributed by atoms with Crippen molar-refractivity contribution < 1.29 is 9.84 Å². The normalized spacial score (nSPS) is 13.7. The Balaban J connectivity index is 2.56. The highest BCUT2D eigenvalue weighted by Crippen LogP contribution is 2.29. The van der Waals surface area contributed by atoms with Gasteiger partial charge in [-0.05, 0) is 31.5 Å². The monoisotopic (exact) mass is 268 g/mol. The van der Waals surface area contributed by atoms with Gasteiger partial charge < -0.3 is 9.84 Å². The van der Waals surface area contributed by atoms with Crippen molar-refractivity contribution in [2.24, 2.45) is 0 Å². The topological polar surface area (TPSA) is 29.5 Å². The van der Waals surface area contributed by atoms with Crippen molar-refractivity contribution in [1.29, 1.82) is 0 Å². The number of hydrogen-bond acceptors (Lipinski definition) is 3. The van der Waals surface area contributed by atoms with E-state index in [0.717, 1.165) is 11.3 Å². The van der Waals surface area contributed by atoms with Gasteiger partial charge in [-0.3, -0.25) is 0 Å². The van der Waals surface area contributed by atoms with Crippen LogP contribution in [0.3, 0.4) is 0 Å². The SMILES string of the molecule is CC(C)Oc1ccc(C(O)CSC(C)(C)C)cc1. The first-order valence-electron chi connectivity index (χ1n) is 6.36. The van der Waals surface area contributed by atoms with E-state index in [1.807, 2.05) is 38.1 Å². The third-order valence-corrected chi connectivity index (χ3v) is 3.66. The van der Waals surface area contributed by atoms with Gasteiger partial charge in [-0.15, -0.1) is 0 Å². The van der Waals surface area contributed by atoms with Crippen LogP contribution in [0, 0.1) is 0 Å². The Kier molecular flexibility index (Phi) is 5.54. The largest absolute Gasteiger partial charge is 0.491 e. The molecule has 1 atom stereocenters. The van der Waals surface area contributed by atoms with Gasteiger partial charge in [0.05, 0.1) is 12.2 Å². The van der Waals surface area contributed by atoms with Crippen LogP contribution in [0.2, 0.25) is 0 Å².